The van der Waals surface area contributed by atoms with Crippen molar-refractivity contribution in [3.8, 4) is 0 Å². The molecule has 0 radical (unpaired) electrons. The van der Waals surface area contributed by atoms with Crippen molar-refractivity contribution in [2.24, 2.45) is 0 Å². The molecule has 0 aliphatic carbocycles. The summed E-state index contributed by atoms with van der Waals surface area (Å²) in [6.45, 7) is -0.226. The van der Waals surface area contributed by atoms with Gasteiger partial charge in [-0.1, -0.05) is 0 Å². The fraction of sp³-hybridized carbons (Fsp3) is 0.143. The number of rotatable bonds is 3. The van der Waals surface area contributed by atoms with Gasteiger partial charge in [0.15, 0.2) is 0 Å². The van der Waals surface area contributed by atoms with Gasteiger partial charge in [-0.15, -0.1) is 0 Å². The lowest BCUT2D eigenvalue weighted by Crippen LogP contribution is -2.02. The Labute approximate surface area is 83.8 Å². The lowest BCUT2D eigenvalue weighted by molar-refractivity contribution is -0.0272. The molecule has 0 heterocycles. The zero-order chi connectivity index (χ0) is 9.84. The molecule has 6 heteroatoms. The van der Waals surface area contributed by atoms with Crippen LogP contribution in [0.15, 0.2) is 18.2 Å². The maximum atomic E-state index is 12.9. The molecule has 0 saturated heterocycles. The number of hydrogen-bond donors (Lipinski definition) is 0. The molecule has 0 unspecified atom stereocenters. The molecular weight excluding hydrogens is 223 g/mol. The monoisotopic (exact) mass is 227 g/mol. The Bertz CT molecular complexity index is 296. The minimum Gasteiger partial charge on any atom is -0.264 e. The standard InChI is InChI=1S/C7H5Cl2F2NO/c8-12(9)13-4-5-3-6(10)1-2-7(5)11/h1-3H,4H2. The van der Waals surface area contributed by atoms with Crippen LogP contribution in [0, 0.1) is 11.6 Å². The third-order valence-corrected chi connectivity index (χ3v) is 1.52. The summed E-state index contributed by atoms with van der Waals surface area (Å²) >= 11 is 10.2. The number of benzene rings is 1. The van der Waals surface area contributed by atoms with Crippen LogP contribution in [0.5, 0.6) is 0 Å². The highest BCUT2D eigenvalue weighted by Gasteiger charge is 2.05. The first-order valence-electron chi connectivity index (χ1n) is 3.28. The van der Waals surface area contributed by atoms with Crippen molar-refractivity contribution < 1.29 is 13.6 Å². The van der Waals surface area contributed by atoms with Crippen molar-refractivity contribution in [2.75, 3.05) is 0 Å². The normalized spacial score (nSPS) is 10.8. The molecule has 0 aromatic heterocycles. The summed E-state index contributed by atoms with van der Waals surface area (Å²) in [6.07, 6.45) is 0. The van der Waals surface area contributed by atoms with Crippen LogP contribution >= 0.6 is 23.6 Å². The van der Waals surface area contributed by atoms with Crippen molar-refractivity contribution in [3.05, 3.63) is 35.4 Å². The summed E-state index contributed by atoms with van der Waals surface area (Å²) in [7, 11) is 0. The Morgan fingerprint density at radius 2 is 2.00 bits per heavy atom. The molecule has 0 spiro atoms. The van der Waals surface area contributed by atoms with Crippen LogP contribution < -0.4 is 0 Å². The van der Waals surface area contributed by atoms with E-state index in [1.54, 1.807) is 0 Å². The average molecular weight is 228 g/mol. The van der Waals surface area contributed by atoms with E-state index in [9.17, 15) is 8.78 Å². The first kappa shape index (κ1) is 10.7. The molecular formula is C7H5Cl2F2NO. The summed E-state index contributed by atoms with van der Waals surface area (Å²) in [4.78, 5) is 4.52. The van der Waals surface area contributed by atoms with Gasteiger partial charge in [-0.05, 0) is 22.3 Å². The molecule has 0 atom stereocenters. The van der Waals surface area contributed by atoms with Crippen molar-refractivity contribution in [2.45, 2.75) is 6.61 Å². The second-order valence-corrected chi connectivity index (χ2v) is 3.00. The van der Waals surface area contributed by atoms with Gasteiger partial charge in [0.2, 0.25) is 0 Å². The summed E-state index contributed by atoms with van der Waals surface area (Å²) in [5.74, 6) is -1.12. The quantitative estimate of drug-likeness (QED) is 0.582. The predicted octanol–water partition coefficient (Wildman–Crippen LogP) is 3.01. The Morgan fingerprint density at radius 3 is 2.62 bits per heavy atom. The van der Waals surface area contributed by atoms with Crippen LogP contribution in [0.1, 0.15) is 5.56 Å². The van der Waals surface area contributed by atoms with E-state index in [4.69, 9.17) is 23.6 Å². The van der Waals surface area contributed by atoms with Gasteiger partial charge in [0.05, 0.1) is 6.61 Å². The van der Waals surface area contributed by atoms with Crippen molar-refractivity contribution in [1.82, 2.24) is 4.10 Å². The highest BCUT2D eigenvalue weighted by molar-refractivity contribution is 6.32. The molecule has 0 aliphatic heterocycles. The maximum absolute atomic E-state index is 12.9. The minimum atomic E-state index is -0.573. The smallest absolute Gasteiger partial charge is 0.129 e. The molecule has 1 aromatic carbocycles. The largest absolute Gasteiger partial charge is 0.264 e. The van der Waals surface area contributed by atoms with E-state index in [1.165, 1.54) is 0 Å². The maximum Gasteiger partial charge on any atom is 0.129 e. The van der Waals surface area contributed by atoms with Gasteiger partial charge in [-0.3, -0.25) is 4.84 Å². The molecule has 0 fully saturated rings. The van der Waals surface area contributed by atoms with E-state index in [0.717, 1.165) is 18.2 Å². The second-order valence-electron chi connectivity index (χ2n) is 2.21. The Hall–Kier alpha value is -0.420. The molecule has 1 aromatic rings. The van der Waals surface area contributed by atoms with Crippen LogP contribution in [0.25, 0.3) is 0 Å². The number of halogens is 4. The van der Waals surface area contributed by atoms with Gasteiger partial charge in [0, 0.05) is 29.1 Å². The van der Waals surface area contributed by atoms with E-state index in [1.807, 2.05) is 0 Å². The fourth-order valence-corrected chi connectivity index (χ4v) is 0.870. The lowest BCUT2D eigenvalue weighted by atomic mass is 10.2. The molecule has 0 aliphatic rings. The van der Waals surface area contributed by atoms with E-state index >= 15 is 0 Å². The van der Waals surface area contributed by atoms with Gasteiger partial charge in [0.25, 0.3) is 0 Å². The molecule has 0 saturated carbocycles. The highest BCUT2D eigenvalue weighted by Crippen LogP contribution is 2.12. The van der Waals surface area contributed by atoms with Gasteiger partial charge >= 0.3 is 0 Å². The summed E-state index contributed by atoms with van der Waals surface area (Å²) in [6, 6.07) is 3.02. The third-order valence-electron chi connectivity index (χ3n) is 1.33. The van der Waals surface area contributed by atoms with Gasteiger partial charge in [-0.2, -0.15) is 0 Å². The SMILES string of the molecule is Fc1ccc(F)c(CON(Cl)Cl)c1. The minimum absolute atomic E-state index is 0.0475. The molecule has 0 N–H and O–H groups in total. The van der Waals surface area contributed by atoms with Crippen LogP contribution in [-0.2, 0) is 11.4 Å². The van der Waals surface area contributed by atoms with Crippen LogP contribution in [0.2, 0.25) is 0 Å². The van der Waals surface area contributed by atoms with E-state index < -0.39 is 11.6 Å². The topological polar surface area (TPSA) is 12.5 Å². The van der Waals surface area contributed by atoms with Crippen molar-refractivity contribution in [1.29, 1.82) is 0 Å². The van der Waals surface area contributed by atoms with Gasteiger partial charge in [0.1, 0.15) is 11.6 Å². The van der Waals surface area contributed by atoms with E-state index in [-0.39, 0.29) is 12.2 Å². The Balaban J connectivity index is 2.70. The molecule has 0 amide bonds. The molecule has 1 rings (SSSR count). The fourth-order valence-electron chi connectivity index (χ4n) is 0.772. The first-order valence-corrected chi connectivity index (χ1v) is 3.95. The van der Waals surface area contributed by atoms with Crippen LogP contribution in [-0.4, -0.2) is 4.10 Å². The number of nitrogens with zero attached hydrogens (tertiary/aromatic N) is 1. The van der Waals surface area contributed by atoms with Gasteiger partial charge < -0.3 is 0 Å². The zero-order valence-electron chi connectivity index (χ0n) is 6.31. The zero-order valence-corrected chi connectivity index (χ0v) is 7.82. The Morgan fingerprint density at radius 1 is 1.31 bits per heavy atom. The van der Waals surface area contributed by atoms with Crippen LogP contribution in [0.4, 0.5) is 8.78 Å². The molecule has 0 bridgehead atoms. The molecule has 2 nitrogen and oxygen atoms in total. The van der Waals surface area contributed by atoms with Crippen molar-refractivity contribution in [3.63, 3.8) is 0 Å². The van der Waals surface area contributed by atoms with Gasteiger partial charge in [-0.25, -0.2) is 8.78 Å². The summed E-state index contributed by atoms with van der Waals surface area (Å²) in [5, 5.41) is 0. The summed E-state index contributed by atoms with van der Waals surface area (Å²) < 4.78 is 25.8. The second kappa shape index (κ2) is 4.72. The first-order chi connectivity index (χ1) is 6.09. The number of hydrogen-bond acceptors (Lipinski definition) is 2. The van der Waals surface area contributed by atoms with E-state index in [2.05, 4.69) is 4.84 Å². The van der Waals surface area contributed by atoms with Crippen molar-refractivity contribution >= 4 is 23.6 Å². The highest BCUT2D eigenvalue weighted by atomic mass is 35.5. The Kier molecular flexibility index (Phi) is 3.87. The van der Waals surface area contributed by atoms with E-state index in [0.29, 0.717) is 4.10 Å². The predicted molar refractivity (Wildman–Crippen MR) is 44.7 cm³/mol. The molecule has 13 heavy (non-hydrogen) atoms. The third kappa shape index (κ3) is 3.44. The average Bonchev–Trinajstić information content (AvgIpc) is 2.06. The molecule has 72 valence electrons. The van der Waals surface area contributed by atoms with Crippen LogP contribution in [0.3, 0.4) is 0 Å². The summed E-state index contributed by atoms with van der Waals surface area (Å²) in [5.41, 5.74) is 0.0475. The lowest BCUT2D eigenvalue weighted by Gasteiger charge is -2.05.